The van der Waals surface area contributed by atoms with Crippen LogP contribution in [-0.2, 0) is 12.6 Å². The predicted octanol–water partition coefficient (Wildman–Crippen LogP) is 1.62. The van der Waals surface area contributed by atoms with Gasteiger partial charge in [-0.15, -0.1) is 0 Å². The molecule has 0 saturated carbocycles. The molecule has 0 aliphatic heterocycles. The quantitative estimate of drug-likeness (QED) is 0.425. The summed E-state index contributed by atoms with van der Waals surface area (Å²) in [5.74, 6) is 0.711. The van der Waals surface area contributed by atoms with Crippen molar-refractivity contribution in [3.63, 3.8) is 0 Å². The Morgan fingerprint density at radius 2 is 2.00 bits per heavy atom. The average Bonchev–Trinajstić information content (AvgIpc) is 2.13. The Bertz CT molecular complexity index is 211. The van der Waals surface area contributed by atoms with Crippen LogP contribution >= 0.6 is 0 Å². The maximum absolute atomic E-state index is 11.4. The van der Waals surface area contributed by atoms with E-state index in [0.29, 0.717) is 12.4 Å². The van der Waals surface area contributed by atoms with Gasteiger partial charge in [0.25, 0.3) is 0 Å². The first-order valence-corrected chi connectivity index (χ1v) is 5.90. The van der Waals surface area contributed by atoms with Gasteiger partial charge in [-0.25, -0.2) is 0 Å². The molecule has 4 heteroatoms. The molecule has 14 heavy (non-hydrogen) atoms. The maximum atomic E-state index is 11.4. The van der Waals surface area contributed by atoms with Crippen LogP contribution in [0, 0.1) is 5.92 Å². The minimum atomic E-state index is -0.137. The van der Waals surface area contributed by atoms with Gasteiger partial charge < -0.3 is 0 Å². The Hall–Kier alpha value is -0.0313. The van der Waals surface area contributed by atoms with E-state index in [1.807, 2.05) is 27.7 Å². The summed E-state index contributed by atoms with van der Waals surface area (Å²) in [5.41, 5.74) is 0. The van der Waals surface area contributed by atoms with Gasteiger partial charge in [0.05, 0.1) is 0 Å². The van der Waals surface area contributed by atoms with Crippen LogP contribution in [0.15, 0.2) is 11.8 Å². The van der Waals surface area contributed by atoms with Crippen molar-refractivity contribution in [1.82, 2.24) is 0 Å². The van der Waals surface area contributed by atoms with E-state index in [2.05, 4.69) is 0 Å². The molecule has 0 fully saturated rings. The summed E-state index contributed by atoms with van der Waals surface area (Å²) >= 11 is 0.920. The van der Waals surface area contributed by atoms with Gasteiger partial charge >= 0.3 is 99.5 Å². The van der Waals surface area contributed by atoms with Gasteiger partial charge in [-0.05, 0) is 0 Å². The van der Waals surface area contributed by atoms with Crippen molar-refractivity contribution in [2.24, 2.45) is 5.92 Å². The zero-order chi connectivity index (χ0) is 11.1. The van der Waals surface area contributed by atoms with Crippen LogP contribution in [-0.4, -0.2) is 41.4 Å². The molecule has 3 nitrogen and oxygen atoms in total. The summed E-state index contributed by atoms with van der Waals surface area (Å²) in [4.78, 5) is 11.4. The molecule has 1 unspecified atom stereocenters. The summed E-state index contributed by atoms with van der Waals surface area (Å²) in [6.07, 6.45) is 1.40. The molecule has 79 valence electrons. The van der Waals surface area contributed by atoms with Gasteiger partial charge in [0.2, 0.25) is 0 Å². The molecule has 0 rings (SSSR count). The summed E-state index contributed by atoms with van der Waals surface area (Å²) in [6.45, 7) is 8.15. The monoisotopic (exact) mass is 305 g/mol. The fourth-order valence-electron chi connectivity index (χ4n) is 0.869. The average molecular weight is 304 g/mol. The molecule has 0 amide bonds. The number of carbonyl (C=O) groups excluding carboxylic acids is 1. The van der Waals surface area contributed by atoms with Gasteiger partial charge in [0.1, 0.15) is 0 Å². The van der Waals surface area contributed by atoms with Gasteiger partial charge in [-0.2, -0.15) is 0 Å². The topological polar surface area (TPSA) is 35.5 Å². The standard InChI is InChI=1S/C10H18O3.Sn/c1-5-13-8(4)10(12)6-9(11)7(2)3;/h6-8,12H,5H2,1-4H3;/q;+1/p-1/b10-6-;. The summed E-state index contributed by atoms with van der Waals surface area (Å²) < 4.78 is 10.5. The van der Waals surface area contributed by atoms with Crippen LogP contribution in [0.3, 0.4) is 0 Å². The first-order chi connectivity index (χ1) is 6.52. The van der Waals surface area contributed by atoms with Crippen molar-refractivity contribution in [1.29, 1.82) is 0 Å². The molecule has 0 N–H and O–H groups in total. The molecule has 0 bridgehead atoms. The van der Waals surface area contributed by atoms with E-state index in [1.54, 1.807) is 6.08 Å². The summed E-state index contributed by atoms with van der Waals surface area (Å²) in [5, 5.41) is 0. The van der Waals surface area contributed by atoms with E-state index in [9.17, 15) is 4.79 Å². The zero-order valence-corrected chi connectivity index (χ0v) is 12.0. The van der Waals surface area contributed by atoms with E-state index in [1.165, 1.54) is 0 Å². The third kappa shape index (κ3) is 5.00. The Morgan fingerprint density at radius 1 is 1.43 bits per heavy atom. The van der Waals surface area contributed by atoms with Crippen LogP contribution in [0.2, 0.25) is 0 Å². The molecule has 3 radical (unpaired) electrons. The Balaban J connectivity index is 4.45. The van der Waals surface area contributed by atoms with Gasteiger partial charge in [-0.3, -0.25) is 0 Å². The third-order valence-electron chi connectivity index (χ3n) is 1.79. The normalized spacial score (nSPS) is 14.3. The third-order valence-corrected chi connectivity index (χ3v) is 2.46. The number of hydrogen-bond donors (Lipinski definition) is 0. The zero-order valence-electron chi connectivity index (χ0n) is 9.16. The molecule has 0 aromatic rings. The van der Waals surface area contributed by atoms with Crippen LogP contribution in [0.25, 0.3) is 0 Å². The van der Waals surface area contributed by atoms with E-state index in [4.69, 9.17) is 7.81 Å². The van der Waals surface area contributed by atoms with Crippen LogP contribution < -0.4 is 0 Å². The van der Waals surface area contributed by atoms with Gasteiger partial charge in [0.15, 0.2) is 0 Å². The van der Waals surface area contributed by atoms with E-state index >= 15 is 0 Å². The number of ether oxygens (including phenoxy) is 1. The predicted molar refractivity (Wildman–Crippen MR) is 55.9 cm³/mol. The first kappa shape index (κ1) is 14.0. The number of hydrogen-bond acceptors (Lipinski definition) is 3. The number of rotatable bonds is 6. The molecule has 0 spiro atoms. The summed E-state index contributed by atoms with van der Waals surface area (Å²) in [6, 6.07) is 0. The van der Waals surface area contributed by atoms with Gasteiger partial charge in [0, 0.05) is 0 Å². The van der Waals surface area contributed by atoms with Crippen molar-refractivity contribution in [3.8, 4) is 0 Å². The van der Waals surface area contributed by atoms with Crippen LogP contribution in [0.4, 0.5) is 0 Å². The fraction of sp³-hybridized carbons (Fsp3) is 0.700. The van der Waals surface area contributed by atoms with Crippen LogP contribution in [0.5, 0.6) is 0 Å². The molecule has 0 aromatic heterocycles. The van der Waals surface area contributed by atoms with Crippen molar-refractivity contribution in [3.05, 3.63) is 11.8 Å². The molecule has 0 saturated heterocycles. The molecular formula is C10H17O3Sn. The molecule has 0 aliphatic rings. The molecule has 1 atom stereocenters. The van der Waals surface area contributed by atoms with Crippen molar-refractivity contribution >= 4 is 28.7 Å². The van der Waals surface area contributed by atoms with Gasteiger partial charge in [-0.1, -0.05) is 0 Å². The van der Waals surface area contributed by atoms with E-state index < -0.39 is 0 Å². The second-order valence-electron chi connectivity index (χ2n) is 3.30. The Morgan fingerprint density at radius 3 is 2.36 bits per heavy atom. The fourth-order valence-corrected chi connectivity index (χ4v) is 1.51. The van der Waals surface area contributed by atoms with Crippen molar-refractivity contribution < 1.29 is 12.6 Å². The second kappa shape index (κ2) is 7.29. The van der Waals surface area contributed by atoms with Crippen molar-refractivity contribution in [2.45, 2.75) is 33.8 Å². The second-order valence-corrected chi connectivity index (χ2v) is 3.89. The van der Waals surface area contributed by atoms with E-state index in [0.717, 1.165) is 22.9 Å². The number of carbonyl (C=O) groups is 1. The number of ketones is 1. The van der Waals surface area contributed by atoms with Crippen LogP contribution in [0.1, 0.15) is 27.7 Å². The Kier molecular flexibility index (Phi) is 7.27. The molecular weight excluding hydrogens is 287 g/mol. The molecule has 0 heterocycles. The molecule has 0 aromatic carbocycles. The first-order valence-electron chi connectivity index (χ1n) is 4.73. The Labute approximate surface area is 99.5 Å². The summed E-state index contributed by atoms with van der Waals surface area (Å²) in [7, 11) is 0. The SMILES string of the molecule is CCOC(C)/C(=C/C(=O)C(C)C)[O][Sn]. The van der Waals surface area contributed by atoms with Crippen molar-refractivity contribution in [2.75, 3.05) is 6.61 Å². The molecule has 0 aliphatic carbocycles. The number of allylic oxidation sites excluding steroid dienone is 1. The van der Waals surface area contributed by atoms with E-state index in [-0.39, 0.29) is 17.8 Å². The minimum absolute atomic E-state index is 0.00442.